The lowest BCUT2D eigenvalue weighted by molar-refractivity contribution is 0.0842. The molecule has 0 aliphatic heterocycles. The van der Waals surface area contributed by atoms with Crippen LogP contribution in [0.2, 0.25) is 0 Å². The molecule has 0 aromatic rings. The molecule has 1 atom stereocenters. The Morgan fingerprint density at radius 1 is 1.18 bits per heavy atom. The van der Waals surface area contributed by atoms with Gasteiger partial charge in [-0.1, -0.05) is 36.7 Å². The zero-order chi connectivity index (χ0) is 9.28. The average Bonchev–Trinajstić information content (AvgIpc) is 1.84. The molecule has 0 fully saturated rings. The molecule has 1 unspecified atom stereocenters. The third-order valence-electron chi connectivity index (χ3n) is 1.63. The second-order valence-corrected chi connectivity index (χ2v) is 5.55. The number of alkyl halides is 1. The fraction of sp³-hybridized carbons (Fsp3) is 1.00. The van der Waals surface area contributed by atoms with Crippen LogP contribution in [0.4, 0.5) is 0 Å². The van der Waals surface area contributed by atoms with Crippen molar-refractivity contribution in [1.82, 2.24) is 0 Å². The molecule has 0 aromatic carbocycles. The first-order valence-corrected chi connectivity index (χ1v) is 5.03. The van der Waals surface area contributed by atoms with Gasteiger partial charge in [0, 0.05) is 4.83 Å². The van der Waals surface area contributed by atoms with E-state index in [0.29, 0.717) is 4.83 Å². The molecule has 0 saturated heterocycles. The SMILES string of the molecule is CC(C)(C)C(Br)C(C)(C)O[Si]. The largest absolute Gasteiger partial charge is 0.413 e. The van der Waals surface area contributed by atoms with Gasteiger partial charge < -0.3 is 4.43 Å². The molecule has 3 heteroatoms. The average molecular weight is 236 g/mol. The van der Waals surface area contributed by atoms with Crippen LogP contribution in [-0.2, 0) is 4.43 Å². The normalized spacial score (nSPS) is 16.6. The van der Waals surface area contributed by atoms with Crippen molar-refractivity contribution in [2.75, 3.05) is 0 Å². The fourth-order valence-electron chi connectivity index (χ4n) is 1.09. The lowest BCUT2D eigenvalue weighted by atomic mass is 9.84. The maximum Gasteiger partial charge on any atom is 0.247 e. The van der Waals surface area contributed by atoms with E-state index < -0.39 is 0 Å². The molecule has 0 aliphatic rings. The molecule has 0 aromatic heterocycles. The summed E-state index contributed by atoms with van der Waals surface area (Å²) in [6.07, 6.45) is 0. The number of rotatable bonds is 2. The molecule has 0 bridgehead atoms. The van der Waals surface area contributed by atoms with Crippen molar-refractivity contribution < 1.29 is 4.43 Å². The van der Waals surface area contributed by atoms with Gasteiger partial charge in [-0.2, -0.15) is 0 Å². The molecule has 0 rings (SSSR count). The highest BCUT2D eigenvalue weighted by Crippen LogP contribution is 2.35. The Hall–Kier alpha value is 0.657. The first-order valence-electron chi connectivity index (χ1n) is 3.70. The second kappa shape index (κ2) is 3.58. The topological polar surface area (TPSA) is 9.23 Å². The zero-order valence-corrected chi connectivity index (χ0v) is 10.4. The lowest BCUT2D eigenvalue weighted by Gasteiger charge is -2.38. The number of hydrogen-bond donors (Lipinski definition) is 0. The number of halogens is 1. The minimum atomic E-state index is -0.185. The van der Waals surface area contributed by atoms with Crippen molar-refractivity contribution in [3.63, 3.8) is 0 Å². The zero-order valence-electron chi connectivity index (χ0n) is 7.86. The maximum atomic E-state index is 5.18. The van der Waals surface area contributed by atoms with E-state index in [1.165, 1.54) is 0 Å². The Morgan fingerprint density at radius 3 is 1.64 bits per heavy atom. The van der Waals surface area contributed by atoms with Crippen LogP contribution in [0, 0.1) is 5.41 Å². The van der Waals surface area contributed by atoms with E-state index in [-0.39, 0.29) is 11.0 Å². The predicted molar refractivity (Wildman–Crippen MR) is 53.1 cm³/mol. The first-order chi connectivity index (χ1) is 4.72. The molecule has 0 N–H and O–H groups in total. The van der Waals surface area contributed by atoms with Crippen molar-refractivity contribution in [2.24, 2.45) is 5.41 Å². The Balaban J connectivity index is 4.35. The van der Waals surface area contributed by atoms with Gasteiger partial charge in [0.25, 0.3) is 0 Å². The van der Waals surface area contributed by atoms with E-state index >= 15 is 0 Å². The Morgan fingerprint density at radius 2 is 1.55 bits per heavy atom. The van der Waals surface area contributed by atoms with Crippen molar-refractivity contribution in [3.05, 3.63) is 0 Å². The van der Waals surface area contributed by atoms with E-state index in [2.05, 4.69) is 47.2 Å². The quantitative estimate of drug-likeness (QED) is 0.529. The minimum Gasteiger partial charge on any atom is -0.413 e. The van der Waals surface area contributed by atoms with Crippen LogP contribution in [-0.4, -0.2) is 20.9 Å². The highest BCUT2D eigenvalue weighted by molar-refractivity contribution is 9.09. The van der Waals surface area contributed by atoms with Crippen LogP contribution in [0.1, 0.15) is 34.6 Å². The van der Waals surface area contributed by atoms with E-state index in [0.717, 1.165) is 0 Å². The summed E-state index contributed by atoms with van der Waals surface area (Å²) in [7, 11) is 3.08. The minimum absolute atomic E-state index is 0.185. The van der Waals surface area contributed by atoms with Gasteiger partial charge >= 0.3 is 0 Å². The van der Waals surface area contributed by atoms with E-state index in [1.54, 1.807) is 0 Å². The lowest BCUT2D eigenvalue weighted by Crippen LogP contribution is -2.42. The van der Waals surface area contributed by atoms with Crippen LogP contribution in [0.3, 0.4) is 0 Å². The third kappa shape index (κ3) is 3.26. The van der Waals surface area contributed by atoms with Crippen LogP contribution in [0.5, 0.6) is 0 Å². The van der Waals surface area contributed by atoms with Crippen molar-refractivity contribution in [2.45, 2.75) is 45.0 Å². The maximum absolute atomic E-state index is 5.18. The Kier molecular flexibility index (Phi) is 3.80. The first kappa shape index (κ1) is 11.7. The van der Waals surface area contributed by atoms with E-state index in [4.69, 9.17) is 4.43 Å². The molecular formula is C8H16BrOSi. The molecule has 0 amide bonds. The van der Waals surface area contributed by atoms with Gasteiger partial charge in [0.05, 0.1) is 5.60 Å². The summed E-state index contributed by atoms with van der Waals surface area (Å²) < 4.78 is 5.18. The number of hydrogen-bond acceptors (Lipinski definition) is 1. The molecule has 3 radical (unpaired) electrons. The van der Waals surface area contributed by atoms with Gasteiger partial charge in [-0.15, -0.1) is 0 Å². The van der Waals surface area contributed by atoms with Gasteiger partial charge in [-0.05, 0) is 19.3 Å². The summed E-state index contributed by atoms with van der Waals surface area (Å²) in [6.45, 7) is 10.6. The summed E-state index contributed by atoms with van der Waals surface area (Å²) in [5.41, 5.74) is 0.0191. The van der Waals surface area contributed by atoms with Crippen molar-refractivity contribution >= 4 is 26.4 Å². The highest BCUT2D eigenvalue weighted by Gasteiger charge is 2.35. The van der Waals surface area contributed by atoms with Crippen LogP contribution in [0.15, 0.2) is 0 Å². The van der Waals surface area contributed by atoms with Gasteiger partial charge in [0.15, 0.2) is 0 Å². The molecule has 11 heavy (non-hydrogen) atoms. The van der Waals surface area contributed by atoms with Crippen LogP contribution < -0.4 is 0 Å². The standard InChI is InChI=1S/C8H16BrOSi/c1-7(2,3)6(9)8(4,5)10-11/h6H,1-5H3. The summed E-state index contributed by atoms with van der Waals surface area (Å²) >= 11 is 3.62. The fourth-order valence-corrected chi connectivity index (χ4v) is 1.48. The molecule has 0 heterocycles. The highest BCUT2D eigenvalue weighted by atomic mass is 79.9. The Bertz CT molecular complexity index is 129. The van der Waals surface area contributed by atoms with Gasteiger partial charge in [0.1, 0.15) is 0 Å². The van der Waals surface area contributed by atoms with Gasteiger partial charge in [0.2, 0.25) is 10.5 Å². The third-order valence-corrected chi connectivity index (χ3v) is 4.64. The molecule has 1 nitrogen and oxygen atoms in total. The summed E-state index contributed by atoms with van der Waals surface area (Å²) in [6, 6.07) is 0. The summed E-state index contributed by atoms with van der Waals surface area (Å²) in [4.78, 5) is 0.319. The predicted octanol–water partition coefficient (Wildman–Crippen LogP) is 2.67. The molecule has 65 valence electrons. The molecule has 0 aliphatic carbocycles. The van der Waals surface area contributed by atoms with E-state index in [9.17, 15) is 0 Å². The molecule has 0 saturated carbocycles. The van der Waals surface area contributed by atoms with Gasteiger partial charge in [-0.25, -0.2) is 0 Å². The smallest absolute Gasteiger partial charge is 0.247 e. The van der Waals surface area contributed by atoms with E-state index in [1.807, 2.05) is 13.8 Å². The summed E-state index contributed by atoms with van der Waals surface area (Å²) in [5, 5.41) is 0. The van der Waals surface area contributed by atoms with Crippen molar-refractivity contribution in [1.29, 1.82) is 0 Å². The van der Waals surface area contributed by atoms with Crippen molar-refractivity contribution in [3.8, 4) is 0 Å². The molecule has 0 spiro atoms. The second-order valence-electron chi connectivity index (χ2n) is 4.43. The summed E-state index contributed by atoms with van der Waals surface area (Å²) in [5.74, 6) is 0. The monoisotopic (exact) mass is 235 g/mol. The Labute approximate surface area is 81.6 Å². The van der Waals surface area contributed by atoms with Gasteiger partial charge in [-0.3, -0.25) is 0 Å². The van der Waals surface area contributed by atoms with Crippen LogP contribution in [0.25, 0.3) is 0 Å². The molecular weight excluding hydrogens is 220 g/mol. The van der Waals surface area contributed by atoms with Crippen LogP contribution >= 0.6 is 15.9 Å².